The van der Waals surface area contributed by atoms with Gasteiger partial charge in [-0.05, 0) is 35.9 Å². The van der Waals surface area contributed by atoms with Gasteiger partial charge in [0.25, 0.3) is 5.91 Å². The second-order valence-corrected chi connectivity index (χ2v) is 6.79. The van der Waals surface area contributed by atoms with Crippen molar-refractivity contribution in [2.75, 3.05) is 5.01 Å². The summed E-state index contributed by atoms with van der Waals surface area (Å²) in [6.07, 6.45) is 1.90. The molecule has 1 heterocycles. The van der Waals surface area contributed by atoms with Crippen LogP contribution in [0, 0.1) is 0 Å². The lowest BCUT2D eigenvalue weighted by molar-refractivity contribution is -0.114. The van der Waals surface area contributed by atoms with Crippen molar-refractivity contribution in [3.8, 4) is 0 Å². The van der Waals surface area contributed by atoms with E-state index in [9.17, 15) is 4.79 Å². The molecule has 3 nitrogen and oxygen atoms in total. The number of carbonyl (C=O) groups excluding carboxylic acids is 1. The van der Waals surface area contributed by atoms with Crippen molar-refractivity contribution in [2.45, 2.75) is 0 Å². The number of hydrogen-bond acceptors (Lipinski definition) is 2. The Kier molecular flexibility index (Phi) is 4.50. The van der Waals surface area contributed by atoms with E-state index < -0.39 is 0 Å². The zero-order chi connectivity index (χ0) is 17.9. The smallest absolute Gasteiger partial charge is 0.267 e. The SMILES string of the molecule is O=C1/C(=C\c2ccccc2)C(c2ccccc2)=NN1c1ccc(Br)cc1. The van der Waals surface area contributed by atoms with Crippen molar-refractivity contribution in [2.24, 2.45) is 5.10 Å². The Labute approximate surface area is 160 Å². The number of benzene rings is 3. The van der Waals surface area contributed by atoms with E-state index in [0.29, 0.717) is 11.3 Å². The summed E-state index contributed by atoms with van der Waals surface area (Å²) in [5, 5.41) is 6.10. The summed E-state index contributed by atoms with van der Waals surface area (Å²) in [7, 11) is 0. The first kappa shape index (κ1) is 16.5. The van der Waals surface area contributed by atoms with Crippen LogP contribution in [0.2, 0.25) is 0 Å². The number of carbonyl (C=O) groups is 1. The van der Waals surface area contributed by atoms with E-state index >= 15 is 0 Å². The maximum Gasteiger partial charge on any atom is 0.281 e. The Hall–Kier alpha value is -2.98. The van der Waals surface area contributed by atoms with Gasteiger partial charge >= 0.3 is 0 Å². The predicted octanol–water partition coefficient (Wildman–Crippen LogP) is 5.28. The van der Waals surface area contributed by atoms with Gasteiger partial charge in [-0.3, -0.25) is 4.79 Å². The van der Waals surface area contributed by atoms with Crippen LogP contribution in [0.4, 0.5) is 5.69 Å². The van der Waals surface area contributed by atoms with E-state index in [0.717, 1.165) is 21.3 Å². The quantitative estimate of drug-likeness (QED) is 0.548. The fourth-order valence-electron chi connectivity index (χ4n) is 2.83. The third kappa shape index (κ3) is 3.24. The molecule has 0 saturated heterocycles. The molecule has 1 amide bonds. The lowest BCUT2D eigenvalue weighted by Crippen LogP contribution is -2.21. The molecule has 1 aliphatic heterocycles. The van der Waals surface area contributed by atoms with Crippen LogP contribution < -0.4 is 5.01 Å². The van der Waals surface area contributed by atoms with Crippen molar-refractivity contribution in [3.63, 3.8) is 0 Å². The van der Waals surface area contributed by atoms with Crippen LogP contribution in [-0.4, -0.2) is 11.6 Å². The lowest BCUT2D eigenvalue weighted by Gasteiger charge is -2.11. The summed E-state index contributed by atoms with van der Waals surface area (Å²) in [5.41, 5.74) is 3.90. The van der Waals surface area contributed by atoms with E-state index in [4.69, 9.17) is 0 Å². The van der Waals surface area contributed by atoms with Gasteiger partial charge in [-0.2, -0.15) is 10.1 Å². The highest BCUT2D eigenvalue weighted by Crippen LogP contribution is 2.28. The first-order valence-corrected chi connectivity index (χ1v) is 9.03. The number of anilines is 1. The van der Waals surface area contributed by atoms with Crippen molar-refractivity contribution >= 4 is 39.3 Å². The normalized spacial score (nSPS) is 15.4. The van der Waals surface area contributed by atoms with Crippen LogP contribution in [0.1, 0.15) is 11.1 Å². The number of rotatable bonds is 3. The lowest BCUT2D eigenvalue weighted by atomic mass is 10.0. The number of amides is 1. The fraction of sp³-hybridized carbons (Fsp3) is 0. The molecule has 0 spiro atoms. The van der Waals surface area contributed by atoms with Gasteiger partial charge in [0.2, 0.25) is 0 Å². The summed E-state index contributed by atoms with van der Waals surface area (Å²) < 4.78 is 0.959. The molecule has 3 aromatic rings. The summed E-state index contributed by atoms with van der Waals surface area (Å²) in [6, 6.07) is 27.2. The van der Waals surface area contributed by atoms with E-state index in [1.54, 1.807) is 0 Å². The zero-order valence-corrected chi connectivity index (χ0v) is 15.4. The van der Waals surface area contributed by atoms with Crippen LogP contribution in [0.3, 0.4) is 0 Å². The van der Waals surface area contributed by atoms with Crippen molar-refractivity contribution in [1.82, 2.24) is 0 Å². The van der Waals surface area contributed by atoms with E-state index in [-0.39, 0.29) is 5.91 Å². The molecule has 0 unspecified atom stereocenters. The second kappa shape index (κ2) is 7.10. The van der Waals surface area contributed by atoms with Crippen LogP contribution in [-0.2, 0) is 4.79 Å². The van der Waals surface area contributed by atoms with Gasteiger partial charge < -0.3 is 0 Å². The number of hydrazone groups is 1. The summed E-state index contributed by atoms with van der Waals surface area (Å²) in [5.74, 6) is -0.130. The molecule has 4 rings (SSSR count). The van der Waals surface area contributed by atoms with Gasteiger partial charge in [-0.1, -0.05) is 76.6 Å². The van der Waals surface area contributed by atoms with Crippen molar-refractivity contribution in [3.05, 3.63) is 106 Å². The Morgan fingerprint density at radius 1 is 0.808 bits per heavy atom. The van der Waals surface area contributed by atoms with E-state index in [2.05, 4.69) is 21.0 Å². The fourth-order valence-corrected chi connectivity index (χ4v) is 3.09. The van der Waals surface area contributed by atoms with Gasteiger partial charge in [0.15, 0.2) is 0 Å². The van der Waals surface area contributed by atoms with Crippen LogP contribution in [0.15, 0.2) is 100 Å². The monoisotopic (exact) mass is 402 g/mol. The molecule has 4 heteroatoms. The summed E-state index contributed by atoms with van der Waals surface area (Å²) in [6.45, 7) is 0. The van der Waals surface area contributed by atoms with Crippen LogP contribution in [0.5, 0.6) is 0 Å². The Morgan fingerprint density at radius 3 is 2.08 bits per heavy atom. The molecule has 0 saturated carbocycles. The Bertz CT molecular complexity index is 993. The molecule has 0 aliphatic carbocycles. The Balaban J connectivity index is 1.82. The molecular formula is C22H15BrN2O. The molecule has 0 atom stereocenters. The average molecular weight is 403 g/mol. The largest absolute Gasteiger partial charge is 0.281 e. The minimum Gasteiger partial charge on any atom is -0.267 e. The second-order valence-electron chi connectivity index (χ2n) is 5.88. The number of hydrogen-bond donors (Lipinski definition) is 0. The summed E-state index contributed by atoms with van der Waals surface area (Å²) in [4.78, 5) is 13.1. The molecule has 0 bridgehead atoms. The first-order chi connectivity index (χ1) is 12.7. The number of halogens is 1. The topological polar surface area (TPSA) is 32.7 Å². The molecule has 0 fully saturated rings. The van der Waals surface area contributed by atoms with E-state index in [1.165, 1.54) is 5.01 Å². The van der Waals surface area contributed by atoms with E-state index in [1.807, 2.05) is 91.0 Å². The van der Waals surface area contributed by atoms with Gasteiger partial charge in [0.05, 0.1) is 11.3 Å². The van der Waals surface area contributed by atoms with Crippen LogP contribution >= 0.6 is 15.9 Å². The molecule has 3 aromatic carbocycles. The molecule has 1 aliphatic rings. The molecule has 0 radical (unpaired) electrons. The highest BCUT2D eigenvalue weighted by atomic mass is 79.9. The molecule has 126 valence electrons. The minimum absolute atomic E-state index is 0.130. The maximum absolute atomic E-state index is 13.1. The highest BCUT2D eigenvalue weighted by molar-refractivity contribution is 9.10. The first-order valence-electron chi connectivity index (χ1n) is 8.23. The standard InChI is InChI=1S/C22H15BrN2O/c23-18-11-13-19(14-12-18)25-22(26)20(15-16-7-3-1-4-8-16)21(24-25)17-9-5-2-6-10-17/h1-15H/b20-15-. The highest BCUT2D eigenvalue weighted by Gasteiger charge is 2.31. The van der Waals surface area contributed by atoms with Gasteiger partial charge in [0, 0.05) is 10.0 Å². The van der Waals surface area contributed by atoms with Gasteiger partial charge in [0.1, 0.15) is 5.71 Å². The van der Waals surface area contributed by atoms with Gasteiger partial charge in [-0.15, -0.1) is 0 Å². The summed E-state index contributed by atoms with van der Waals surface area (Å²) >= 11 is 3.42. The Morgan fingerprint density at radius 2 is 1.42 bits per heavy atom. The molecule has 0 N–H and O–H groups in total. The third-order valence-corrected chi connectivity index (χ3v) is 4.64. The minimum atomic E-state index is -0.130. The molecule has 0 aromatic heterocycles. The molecular weight excluding hydrogens is 388 g/mol. The van der Waals surface area contributed by atoms with Crippen LogP contribution in [0.25, 0.3) is 6.08 Å². The zero-order valence-electron chi connectivity index (χ0n) is 13.8. The predicted molar refractivity (Wildman–Crippen MR) is 109 cm³/mol. The maximum atomic E-state index is 13.1. The number of nitrogens with zero attached hydrogens (tertiary/aromatic N) is 2. The third-order valence-electron chi connectivity index (χ3n) is 4.11. The molecule has 26 heavy (non-hydrogen) atoms. The van der Waals surface area contributed by atoms with Gasteiger partial charge in [-0.25, -0.2) is 0 Å². The van der Waals surface area contributed by atoms with Crippen molar-refractivity contribution in [1.29, 1.82) is 0 Å². The van der Waals surface area contributed by atoms with Crippen molar-refractivity contribution < 1.29 is 4.79 Å². The average Bonchev–Trinajstić information content (AvgIpc) is 3.01.